The number of aliphatic imine (C=N–C) groups is 1. The van der Waals surface area contributed by atoms with Gasteiger partial charge in [0.15, 0.2) is 5.96 Å². The number of aliphatic hydroxyl groups is 1. The summed E-state index contributed by atoms with van der Waals surface area (Å²) in [5, 5.41) is 10.9. The van der Waals surface area contributed by atoms with E-state index in [-0.39, 0.29) is 11.8 Å². The van der Waals surface area contributed by atoms with Crippen molar-refractivity contribution in [1.82, 2.24) is 5.32 Å². The summed E-state index contributed by atoms with van der Waals surface area (Å²) in [6.45, 7) is 0. The van der Waals surface area contributed by atoms with Crippen molar-refractivity contribution in [2.75, 3.05) is 7.05 Å². The van der Waals surface area contributed by atoms with Crippen LogP contribution in [0.25, 0.3) is 0 Å². The SMILES string of the molecule is CN=C(N)N/C(O)=C\N. The highest BCUT2D eigenvalue weighted by atomic mass is 16.3. The predicted molar refractivity (Wildman–Crippen MR) is 35.6 cm³/mol. The van der Waals surface area contributed by atoms with E-state index in [9.17, 15) is 0 Å². The molecule has 0 radical (unpaired) electrons. The number of nitrogens with zero attached hydrogens (tertiary/aromatic N) is 1. The van der Waals surface area contributed by atoms with Gasteiger partial charge >= 0.3 is 0 Å². The number of hydrogen-bond acceptors (Lipinski definition) is 3. The molecule has 0 saturated carbocycles. The Bertz CT molecular complexity index is 124. The molecule has 52 valence electrons. The molecule has 0 aliphatic rings. The van der Waals surface area contributed by atoms with Crippen molar-refractivity contribution in [3.63, 3.8) is 0 Å². The van der Waals surface area contributed by atoms with E-state index >= 15 is 0 Å². The second-order valence-electron chi connectivity index (χ2n) is 1.29. The van der Waals surface area contributed by atoms with Crippen LogP contribution in [0.3, 0.4) is 0 Å². The number of nitrogens with two attached hydrogens (primary N) is 2. The summed E-state index contributed by atoms with van der Waals surface area (Å²) in [6.07, 6.45) is 0.984. The zero-order valence-corrected chi connectivity index (χ0v) is 5.13. The second kappa shape index (κ2) is 3.59. The van der Waals surface area contributed by atoms with Gasteiger partial charge < -0.3 is 16.6 Å². The molecule has 6 N–H and O–H groups in total. The van der Waals surface area contributed by atoms with E-state index in [0.29, 0.717) is 0 Å². The van der Waals surface area contributed by atoms with Crippen LogP contribution in [0.15, 0.2) is 17.1 Å². The van der Waals surface area contributed by atoms with Crippen molar-refractivity contribution in [3.05, 3.63) is 12.1 Å². The highest BCUT2D eigenvalue weighted by Gasteiger charge is 1.89. The molecule has 0 fully saturated rings. The molecule has 0 aromatic carbocycles. The van der Waals surface area contributed by atoms with E-state index < -0.39 is 0 Å². The lowest BCUT2D eigenvalue weighted by Gasteiger charge is -1.99. The van der Waals surface area contributed by atoms with Gasteiger partial charge in [-0.25, -0.2) is 0 Å². The molecule has 0 amide bonds. The quantitative estimate of drug-likeness (QED) is 0.204. The maximum Gasteiger partial charge on any atom is 0.207 e. The molecule has 0 unspecified atom stereocenters. The first-order valence-electron chi connectivity index (χ1n) is 2.31. The topological polar surface area (TPSA) is 96.7 Å². The summed E-state index contributed by atoms with van der Waals surface area (Å²) in [7, 11) is 1.49. The molecule has 9 heavy (non-hydrogen) atoms. The standard InChI is InChI=1S/C4H10N4O/c1-7-4(6)8-3(9)2-5/h2,9H,5H2,1H3,(H3,6,7,8)/b3-2+. The summed E-state index contributed by atoms with van der Waals surface area (Å²) in [5.41, 5.74) is 10.0. The third kappa shape index (κ3) is 3.22. The summed E-state index contributed by atoms with van der Waals surface area (Å²) in [5.74, 6) is -0.0905. The average molecular weight is 130 g/mol. The van der Waals surface area contributed by atoms with Crippen molar-refractivity contribution in [2.24, 2.45) is 16.5 Å². The highest BCUT2D eigenvalue weighted by molar-refractivity contribution is 5.78. The molecule has 5 nitrogen and oxygen atoms in total. The van der Waals surface area contributed by atoms with E-state index in [1.807, 2.05) is 0 Å². The van der Waals surface area contributed by atoms with Gasteiger partial charge in [0.25, 0.3) is 0 Å². The Labute approximate surface area is 53.1 Å². The lowest BCUT2D eigenvalue weighted by atomic mass is 10.8. The van der Waals surface area contributed by atoms with Crippen LogP contribution < -0.4 is 16.8 Å². The van der Waals surface area contributed by atoms with E-state index in [1.165, 1.54) is 7.05 Å². The Hall–Kier alpha value is -1.39. The number of hydrogen-bond donors (Lipinski definition) is 4. The molecule has 0 rings (SSSR count). The lowest BCUT2D eigenvalue weighted by Crippen LogP contribution is -2.31. The maximum absolute atomic E-state index is 8.62. The van der Waals surface area contributed by atoms with Crippen molar-refractivity contribution in [2.45, 2.75) is 0 Å². The molecular formula is C4H10N4O. The van der Waals surface area contributed by atoms with Crippen molar-refractivity contribution >= 4 is 5.96 Å². The fraction of sp³-hybridized carbons (Fsp3) is 0.250. The molecule has 0 aliphatic heterocycles. The zero-order valence-electron chi connectivity index (χ0n) is 5.13. The fourth-order valence-corrected chi connectivity index (χ4v) is 0.229. The van der Waals surface area contributed by atoms with E-state index in [4.69, 9.17) is 16.6 Å². The third-order valence-corrected chi connectivity index (χ3v) is 0.655. The first-order chi connectivity index (χ1) is 4.20. The van der Waals surface area contributed by atoms with Gasteiger partial charge in [-0.1, -0.05) is 0 Å². The van der Waals surface area contributed by atoms with Gasteiger partial charge in [0.1, 0.15) is 0 Å². The van der Waals surface area contributed by atoms with E-state index in [0.717, 1.165) is 6.20 Å². The van der Waals surface area contributed by atoms with Crippen molar-refractivity contribution in [3.8, 4) is 0 Å². The zero-order chi connectivity index (χ0) is 7.28. The largest absolute Gasteiger partial charge is 0.493 e. The fourth-order valence-electron chi connectivity index (χ4n) is 0.229. The molecular weight excluding hydrogens is 120 g/mol. The van der Waals surface area contributed by atoms with E-state index in [2.05, 4.69) is 10.3 Å². The van der Waals surface area contributed by atoms with Crippen LogP contribution in [0, 0.1) is 0 Å². The van der Waals surface area contributed by atoms with Gasteiger partial charge in [-0.15, -0.1) is 0 Å². The van der Waals surface area contributed by atoms with Crippen LogP contribution in [-0.4, -0.2) is 18.1 Å². The summed E-state index contributed by atoms with van der Waals surface area (Å²) in [4.78, 5) is 3.50. The maximum atomic E-state index is 8.62. The minimum atomic E-state index is -0.210. The van der Waals surface area contributed by atoms with Crippen LogP contribution >= 0.6 is 0 Å². The first kappa shape index (κ1) is 7.61. The number of aliphatic hydroxyl groups excluding tert-OH is 1. The first-order valence-corrected chi connectivity index (χ1v) is 2.31. The van der Waals surface area contributed by atoms with Crippen molar-refractivity contribution < 1.29 is 5.11 Å². The third-order valence-electron chi connectivity index (χ3n) is 0.655. The molecule has 0 spiro atoms. The van der Waals surface area contributed by atoms with Gasteiger partial charge in [0.05, 0.1) is 6.20 Å². The van der Waals surface area contributed by atoms with Crippen molar-refractivity contribution in [1.29, 1.82) is 0 Å². The molecule has 0 saturated heterocycles. The normalized spacial score (nSPS) is 13.4. The van der Waals surface area contributed by atoms with Crippen LogP contribution in [0.5, 0.6) is 0 Å². The van der Waals surface area contributed by atoms with Crippen LogP contribution in [0.2, 0.25) is 0 Å². The summed E-state index contributed by atoms with van der Waals surface area (Å²) < 4.78 is 0. The van der Waals surface area contributed by atoms with Crippen LogP contribution in [0.1, 0.15) is 0 Å². The average Bonchev–Trinajstić information content (AvgIpc) is 1.87. The van der Waals surface area contributed by atoms with Gasteiger partial charge in [-0.05, 0) is 0 Å². The Morgan fingerprint density at radius 2 is 2.33 bits per heavy atom. The molecule has 0 bridgehead atoms. The van der Waals surface area contributed by atoms with Crippen LogP contribution in [-0.2, 0) is 0 Å². The second-order valence-corrected chi connectivity index (χ2v) is 1.29. The Morgan fingerprint density at radius 1 is 1.78 bits per heavy atom. The molecule has 0 atom stereocenters. The van der Waals surface area contributed by atoms with Gasteiger partial charge in [0.2, 0.25) is 5.88 Å². The predicted octanol–water partition coefficient (Wildman–Crippen LogP) is -1.16. The number of nitrogens with one attached hydrogen (secondary N) is 1. The monoisotopic (exact) mass is 130 g/mol. The smallest absolute Gasteiger partial charge is 0.207 e. The molecule has 0 heterocycles. The molecule has 5 heteroatoms. The Balaban J connectivity index is 3.75. The molecule has 0 aliphatic carbocycles. The Morgan fingerprint density at radius 3 is 2.67 bits per heavy atom. The highest BCUT2D eigenvalue weighted by Crippen LogP contribution is 1.72. The summed E-state index contributed by atoms with van der Waals surface area (Å²) in [6, 6.07) is 0. The minimum absolute atomic E-state index is 0.120. The number of guanidine groups is 1. The van der Waals surface area contributed by atoms with E-state index in [1.54, 1.807) is 0 Å². The molecule has 0 aromatic heterocycles. The minimum Gasteiger partial charge on any atom is -0.493 e. The van der Waals surface area contributed by atoms with Gasteiger partial charge in [-0.2, -0.15) is 0 Å². The van der Waals surface area contributed by atoms with Crippen LogP contribution in [0.4, 0.5) is 0 Å². The lowest BCUT2D eigenvalue weighted by molar-refractivity contribution is 0.386. The Kier molecular flexibility index (Phi) is 3.04. The molecule has 0 aromatic rings. The van der Waals surface area contributed by atoms with Gasteiger partial charge in [0, 0.05) is 7.05 Å². The van der Waals surface area contributed by atoms with Gasteiger partial charge in [-0.3, -0.25) is 10.3 Å². The number of rotatable bonds is 1. The summed E-state index contributed by atoms with van der Waals surface area (Å²) >= 11 is 0.